The molecule has 2 aromatic heterocycles. The van der Waals surface area contributed by atoms with Crippen molar-refractivity contribution in [3.05, 3.63) is 24.0 Å². The molecule has 23 heavy (non-hydrogen) atoms. The van der Waals surface area contributed by atoms with Gasteiger partial charge in [-0.2, -0.15) is 5.10 Å². The van der Waals surface area contributed by atoms with Crippen LogP contribution in [0.4, 0.5) is 4.79 Å². The summed E-state index contributed by atoms with van der Waals surface area (Å²) in [6.07, 6.45) is 3.24. The molecule has 0 spiro atoms. The molecule has 0 aromatic carbocycles. The first-order chi connectivity index (χ1) is 11.1. The van der Waals surface area contributed by atoms with Crippen molar-refractivity contribution in [1.82, 2.24) is 25.4 Å². The summed E-state index contributed by atoms with van der Waals surface area (Å²) < 4.78 is 0. The first-order valence-electron chi connectivity index (χ1n) is 7.68. The van der Waals surface area contributed by atoms with Gasteiger partial charge < -0.3 is 15.3 Å². The van der Waals surface area contributed by atoms with Crippen molar-refractivity contribution >= 4 is 23.0 Å². The van der Waals surface area contributed by atoms with Crippen molar-refractivity contribution in [3.63, 3.8) is 0 Å². The highest BCUT2D eigenvalue weighted by Crippen LogP contribution is 2.53. The number of aromatic amines is 1. The number of fused-ring (bicyclic) bond motifs is 2. The maximum atomic E-state index is 12.1. The van der Waals surface area contributed by atoms with Gasteiger partial charge in [-0.25, -0.2) is 9.78 Å². The SMILES string of the molecule is O=C(NCCC1C2CN(C(=O)O)CC12)c1cnc2[nH]ncc2c1. The van der Waals surface area contributed by atoms with Gasteiger partial charge in [0.25, 0.3) is 5.91 Å². The van der Waals surface area contributed by atoms with E-state index < -0.39 is 6.09 Å². The average Bonchev–Trinajstić information content (AvgIpc) is 2.96. The molecule has 2 aromatic rings. The van der Waals surface area contributed by atoms with Gasteiger partial charge in [0, 0.05) is 31.2 Å². The highest BCUT2D eigenvalue weighted by atomic mass is 16.4. The lowest BCUT2D eigenvalue weighted by Crippen LogP contribution is -2.31. The minimum Gasteiger partial charge on any atom is -0.465 e. The zero-order valence-corrected chi connectivity index (χ0v) is 12.4. The van der Waals surface area contributed by atoms with Crippen molar-refractivity contribution in [2.24, 2.45) is 17.8 Å². The highest BCUT2D eigenvalue weighted by Gasteiger charge is 2.55. The highest BCUT2D eigenvalue weighted by molar-refractivity contribution is 5.96. The fourth-order valence-corrected chi connectivity index (χ4v) is 3.65. The first-order valence-corrected chi connectivity index (χ1v) is 7.68. The van der Waals surface area contributed by atoms with Crippen molar-refractivity contribution in [2.45, 2.75) is 6.42 Å². The lowest BCUT2D eigenvalue weighted by molar-refractivity contribution is 0.0952. The summed E-state index contributed by atoms with van der Waals surface area (Å²) in [6.45, 7) is 1.88. The molecule has 8 heteroatoms. The Labute approximate surface area is 131 Å². The van der Waals surface area contributed by atoms with Gasteiger partial charge in [-0.15, -0.1) is 0 Å². The number of rotatable bonds is 4. The molecule has 1 saturated heterocycles. The topological polar surface area (TPSA) is 111 Å². The van der Waals surface area contributed by atoms with E-state index >= 15 is 0 Å². The molecule has 1 aliphatic heterocycles. The minimum atomic E-state index is -0.827. The van der Waals surface area contributed by atoms with Gasteiger partial charge in [0.05, 0.1) is 11.8 Å². The number of nitrogens with one attached hydrogen (secondary N) is 2. The zero-order valence-electron chi connectivity index (χ0n) is 12.4. The molecule has 3 heterocycles. The van der Waals surface area contributed by atoms with Crippen LogP contribution in [0.2, 0.25) is 0 Å². The number of nitrogens with zero attached hydrogens (tertiary/aromatic N) is 3. The largest absolute Gasteiger partial charge is 0.465 e. The van der Waals surface area contributed by atoms with Gasteiger partial charge in [-0.1, -0.05) is 0 Å². The van der Waals surface area contributed by atoms with E-state index in [9.17, 15) is 9.59 Å². The summed E-state index contributed by atoms with van der Waals surface area (Å²) in [7, 11) is 0. The molecule has 3 N–H and O–H groups in total. The van der Waals surface area contributed by atoms with E-state index in [0.717, 1.165) is 11.8 Å². The Morgan fingerprint density at radius 2 is 2.13 bits per heavy atom. The van der Waals surface area contributed by atoms with E-state index in [1.807, 2.05) is 0 Å². The van der Waals surface area contributed by atoms with Crippen LogP contribution in [0.25, 0.3) is 11.0 Å². The Kier molecular flexibility index (Phi) is 3.17. The number of amides is 2. The number of carbonyl (C=O) groups excluding carboxylic acids is 1. The summed E-state index contributed by atoms with van der Waals surface area (Å²) in [5.41, 5.74) is 1.18. The molecule has 0 radical (unpaired) electrons. The van der Waals surface area contributed by atoms with Crippen molar-refractivity contribution in [3.8, 4) is 0 Å². The third-order valence-corrected chi connectivity index (χ3v) is 4.96. The number of hydrogen-bond acceptors (Lipinski definition) is 4. The van der Waals surface area contributed by atoms with Crippen molar-refractivity contribution < 1.29 is 14.7 Å². The van der Waals surface area contributed by atoms with Crippen LogP contribution in [-0.2, 0) is 0 Å². The van der Waals surface area contributed by atoms with E-state index in [4.69, 9.17) is 5.11 Å². The van der Waals surface area contributed by atoms with Crippen LogP contribution in [0.15, 0.2) is 18.5 Å². The van der Waals surface area contributed by atoms with Crippen LogP contribution in [0.1, 0.15) is 16.8 Å². The molecule has 2 aliphatic rings. The van der Waals surface area contributed by atoms with Gasteiger partial charge in [0.1, 0.15) is 0 Å². The van der Waals surface area contributed by atoms with Crippen LogP contribution >= 0.6 is 0 Å². The van der Waals surface area contributed by atoms with Crippen LogP contribution in [0, 0.1) is 17.8 Å². The van der Waals surface area contributed by atoms with Gasteiger partial charge in [-0.3, -0.25) is 9.89 Å². The molecule has 4 rings (SSSR count). The summed E-state index contributed by atoms with van der Waals surface area (Å²) in [4.78, 5) is 28.6. The molecular weight excluding hydrogens is 298 g/mol. The molecule has 2 atom stereocenters. The molecule has 120 valence electrons. The van der Waals surface area contributed by atoms with E-state index in [0.29, 0.717) is 48.6 Å². The minimum absolute atomic E-state index is 0.140. The monoisotopic (exact) mass is 315 g/mol. The van der Waals surface area contributed by atoms with Crippen LogP contribution in [0.3, 0.4) is 0 Å². The van der Waals surface area contributed by atoms with E-state index in [-0.39, 0.29) is 5.91 Å². The van der Waals surface area contributed by atoms with Crippen LogP contribution < -0.4 is 5.32 Å². The summed E-state index contributed by atoms with van der Waals surface area (Å²) in [5, 5.41) is 19.3. The number of H-pyrrole nitrogens is 1. The Hall–Kier alpha value is -2.64. The number of aromatic nitrogens is 3. The molecule has 2 fully saturated rings. The molecule has 1 aliphatic carbocycles. The Balaban J connectivity index is 1.26. The maximum Gasteiger partial charge on any atom is 0.407 e. The van der Waals surface area contributed by atoms with Gasteiger partial charge in [0.2, 0.25) is 0 Å². The number of pyridine rings is 1. The number of carboxylic acid groups (broad SMARTS) is 1. The maximum absolute atomic E-state index is 12.1. The Morgan fingerprint density at radius 3 is 2.87 bits per heavy atom. The second-order valence-electron chi connectivity index (χ2n) is 6.26. The molecular formula is C15H17N5O3. The number of piperidine rings is 1. The van der Waals surface area contributed by atoms with E-state index in [1.54, 1.807) is 12.3 Å². The predicted molar refractivity (Wildman–Crippen MR) is 80.9 cm³/mol. The second-order valence-corrected chi connectivity index (χ2v) is 6.26. The zero-order chi connectivity index (χ0) is 16.0. The third-order valence-electron chi connectivity index (χ3n) is 4.96. The summed E-state index contributed by atoms with van der Waals surface area (Å²) in [6, 6.07) is 1.76. The third kappa shape index (κ3) is 2.49. The van der Waals surface area contributed by atoms with E-state index in [1.165, 1.54) is 11.1 Å². The van der Waals surface area contributed by atoms with Gasteiger partial charge in [0.15, 0.2) is 5.65 Å². The first kappa shape index (κ1) is 14.0. The number of hydrogen-bond donors (Lipinski definition) is 3. The van der Waals surface area contributed by atoms with Crippen LogP contribution in [0.5, 0.6) is 0 Å². The Bertz CT molecular complexity index is 761. The molecule has 8 nitrogen and oxygen atoms in total. The Morgan fingerprint density at radius 1 is 1.35 bits per heavy atom. The van der Waals surface area contributed by atoms with Gasteiger partial charge >= 0.3 is 6.09 Å². The lowest BCUT2D eigenvalue weighted by Gasteiger charge is -2.15. The number of likely N-dealkylation sites (tertiary alicyclic amines) is 1. The van der Waals surface area contributed by atoms with E-state index in [2.05, 4.69) is 20.5 Å². The van der Waals surface area contributed by atoms with Crippen molar-refractivity contribution in [1.29, 1.82) is 0 Å². The fourth-order valence-electron chi connectivity index (χ4n) is 3.65. The second kappa shape index (κ2) is 5.22. The molecule has 2 amide bonds. The fraction of sp³-hybridized carbons (Fsp3) is 0.467. The lowest BCUT2D eigenvalue weighted by atomic mass is 10.2. The molecule has 0 bridgehead atoms. The number of carbonyl (C=O) groups is 2. The van der Waals surface area contributed by atoms with Gasteiger partial charge in [-0.05, 0) is 30.2 Å². The molecule has 1 saturated carbocycles. The summed E-state index contributed by atoms with van der Waals surface area (Å²) >= 11 is 0. The van der Waals surface area contributed by atoms with Crippen LogP contribution in [-0.4, -0.2) is 56.8 Å². The summed E-state index contributed by atoms with van der Waals surface area (Å²) in [5.74, 6) is 1.36. The van der Waals surface area contributed by atoms with Crippen molar-refractivity contribution in [2.75, 3.05) is 19.6 Å². The predicted octanol–water partition coefficient (Wildman–Crippen LogP) is 0.934. The average molecular weight is 315 g/mol. The quantitative estimate of drug-likeness (QED) is 0.777. The molecule has 2 unspecified atom stereocenters. The smallest absolute Gasteiger partial charge is 0.407 e. The standard InChI is InChI=1S/C15H17N5O3/c21-14(9-3-8-5-18-19-13(8)17-4-9)16-2-1-10-11-6-20(15(22)23)7-12(10)11/h3-5,10-12H,1-2,6-7H2,(H,16,21)(H,22,23)(H,17,18,19). The normalized spacial score (nSPS) is 25.4.